The molecule has 0 unspecified atom stereocenters. The summed E-state index contributed by atoms with van der Waals surface area (Å²) in [6.45, 7) is 3.92. The molecule has 2 aromatic rings. The Balaban J connectivity index is 1.56. The summed E-state index contributed by atoms with van der Waals surface area (Å²) < 4.78 is 5.50. The van der Waals surface area contributed by atoms with E-state index in [4.69, 9.17) is 4.74 Å². The zero-order valence-electron chi connectivity index (χ0n) is 16.6. The Kier molecular flexibility index (Phi) is 6.27. The first-order valence-electron chi connectivity index (χ1n) is 10.6. The van der Waals surface area contributed by atoms with Gasteiger partial charge >= 0.3 is 0 Å². The molecule has 1 amide bonds. The van der Waals surface area contributed by atoms with E-state index in [-0.39, 0.29) is 5.91 Å². The van der Waals surface area contributed by atoms with Gasteiger partial charge in [-0.15, -0.1) is 0 Å². The number of anilines is 1. The predicted molar refractivity (Wildman–Crippen MR) is 113 cm³/mol. The molecule has 4 heteroatoms. The van der Waals surface area contributed by atoms with Gasteiger partial charge in [0.1, 0.15) is 0 Å². The summed E-state index contributed by atoms with van der Waals surface area (Å²) in [5.74, 6) is 0.185. The molecule has 1 saturated carbocycles. The molecule has 1 aliphatic heterocycles. The second-order valence-electron chi connectivity index (χ2n) is 7.79. The molecule has 4 nitrogen and oxygen atoms in total. The molecule has 0 aromatic heterocycles. The summed E-state index contributed by atoms with van der Waals surface area (Å²) in [5.41, 5.74) is 3.18. The van der Waals surface area contributed by atoms with E-state index >= 15 is 0 Å². The number of amides is 1. The SMILES string of the molecule is O=C(c1ccccc1N1CCOCC1)N(CCc1ccccc1)C1CCCC1. The maximum absolute atomic E-state index is 13.7. The number of carbonyl (C=O) groups excluding carboxylic acids is 1. The molecule has 1 saturated heterocycles. The highest BCUT2D eigenvalue weighted by Crippen LogP contribution is 2.28. The van der Waals surface area contributed by atoms with E-state index in [0.717, 1.165) is 63.4 Å². The first-order chi connectivity index (χ1) is 13.8. The zero-order chi connectivity index (χ0) is 19.2. The number of hydrogen-bond acceptors (Lipinski definition) is 3. The van der Waals surface area contributed by atoms with E-state index in [0.29, 0.717) is 6.04 Å². The number of nitrogens with zero attached hydrogens (tertiary/aromatic N) is 2. The number of carbonyl (C=O) groups is 1. The van der Waals surface area contributed by atoms with Crippen molar-refractivity contribution in [2.45, 2.75) is 38.1 Å². The molecule has 0 spiro atoms. The standard InChI is InChI=1S/C24H30N2O2/c27-24(22-12-6-7-13-23(22)25-16-18-28-19-17-25)26(21-10-4-5-11-21)15-14-20-8-2-1-3-9-20/h1-3,6-9,12-13,21H,4-5,10-11,14-19H2. The molecule has 1 aliphatic carbocycles. The smallest absolute Gasteiger partial charge is 0.256 e. The molecule has 0 N–H and O–H groups in total. The van der Waals surface area contributed by atoms with Crippen molar-refractivity contribution in [3.8, 4) is 0 Å². The molecule has 28 heavy (non-hydrogen) atoms. The lowest BCUT2D eigenvalue weighted by atomic mass is 10.1. The maximum Gasteiger partial charge on any atom is 0.256 e. The van der Waals surface area contributed by atoms with Gasteiger partial charge in [-0.1, -0.05) is 55.3 Å². The molecule has 4 rings (SSSR count). The lowest BCUT2D eigenvalue weighted by Crippen LogP contribution is -2.42. The van der Waals surface area contributed by atoms with Crippen LogP contribution in [0.25, 0.3) is 0 Å². The van der Waals surface area contributed by atoms with Crippen molar-refractivity contribution in [1.82, 2.24) is 4.90 Å². The minimum atomic E-state index is 0.185. The van der Waals surface area contributed by atoms with Gasteiger partial charge in [0.2, 0.25) is 0 Å². The Labute approximate surface area is 168 Å². The molecule has 148 valence electrons. The number of morpholine rings is 1. The number of hydrogen-bond donors (Lipinski definition) is 0. The third kappa shape index (κ3) is 4.39. The topological polar surface area (TPSA) is 32.8 Å². The molecule has 0 radical (unpaired) electrons. The monoisotopic (exact) mass is 378 g/mol. The fraction of sp³-hybridized carbons (Fsp3) is 0.458. The molecular formula is C24H30N2O2. The van der Waals surface area contributed by atoms with Crippen molar-refractivity contribution in [2.24, 2.45) is 0 Å². The molecule has 2 fully saturated rings. The van der Waals surface area contributed by atoms with Gasteiger partial charge < -0.3 is 14.5 Å². The molecule has 2 aromatic carbocycles. The number of rotatable bonds is 6. The van der Waals surface area contributed by atoms with Crippen molar-refractivity contribution in [3.05, 3.63) is 65.7 Å². The largest absolute Gasteiger partial charge is 0.378 e. The number of ether oxygens (including phenoxy) is 1. The van der Waals surface area contributed by atoms with Crippen LogP contribution >= 0.6 is 0 Å². The van der Waals surface area contributed by atoms with Crippen molar-refractivity contribution in [1.29, 1.82) is 0 Å². The summed E-state index contributed by atoms with van der Waals surface area (Å²) in [4.78, 5) is 18.1. The Hall–Kier alpha value is -2.33. The number of para-hydroxylation sites is 1. The van der Waals surface area contributed by atoms with Crippen molar-refractivity contribution in [3.63, 3.8) is 0 Å². The second-order valence-corrected chi connectivity index (χ2v) is 7.79. The predicted octanol–water partition coefficient (Wildman–Crippen LogP) is 4.15. The highest BCUT2D eigenvalue weighted by atomic mass is 16.5. The van der Waals surface area contributed by atoms with Gasteiger partial charge in [-0.3, -0.25) is 4.79 Å². The first kappa shape index (κ1) is 19.0. The molecule has 0 bridgehead atoms. The molecular weight excluding hydrogens is 348 g/mol. The van der Waals surface area contributed by atoms with Crippen LogP contribution in [0.15, 0.2) is 54.6 Å². The van der Waals surface area contributed by atoms with Gasteiger partial charge in [-0.05, 0) is 37.0 Å². The Morgan fingerprint density at radius 1 is 0.964 bits per heavy atom. The third-order valence-electron chi connectivity index (χ3n) is 6.00. The van der Waals surface area contributed by atoms with Crippen LogP contribution in [0.3, 0.4) is 0 Å². The van der Waals surface area contributed by atoms with E-state index < -0.39 is 0 Å². The van der Waals surface area contributed by atoms with Gasteiger partial charge in [0.25, 0.3) is 5.91 Å². The van der Waals surface area contributed by atoms with Crippen molar-refractivity contribution >= 4 is 11.6 Å². The summed E-state index contributed by atoms with van der Waals surface area (Å²) in [5, 5.41) is 0. The molecule has 0 atom stereocenters. The highest BCUT2D eigenvalue weighted by Gasteiger charge is 2.29. The Morgan fingerprint density at radius 3 is 2.39 bits per heavy atom. The molecule has 1 heterocycles. The highest BCUT2D eigenvalue weighted by molar-refractivity contribution is 6.00. The zero-order valence-corrected chi connectivity index (χ0v) is 16.6. The minimum absolute atomic E-state index is 0.185. The van der Waals surface area contributed by atoms with Crippen LogP contribution in [0.2, 0.25) is 0 Å². The first-order valence-corrected chi connectivity index (χ1v) is 10.6. The van der Waals surface area contributed by atoms with E-state index in [1.54, 1.807) is 0 Å². The normalized spacial score (nSPS) is 17.6. The Bertz CT molecular complexity index is 765. The van der Waals surface area contributed by atoms with Crippen molar-refractivity contribution in [2.75, 3.05) is 37.7 Å². The van der Waals surface area contributed by atoms with E-state index in [1.165, 1.54) is 18.4 Å². The van der Waals surface area contributed by atoms with Crippen LogP contribution in [0, 0.1) is 0 Å². The molecule has 2 aliphatic rings. The van der Waals surface area contributed by atoms with Gasteiger partial charge in [0.15, 0.2) is 0 Å². The fourth-order valence-corrected chi connectivity index (χ4v) is 4.45. The lowest BCUT2D eigenvalue weighted by molar-refractivity contribution is 0.0683. The average Bonchev–Trinajstić information content (AvgIpc) is 3.30. The summed E-state index contributed by atoms with van der Waals surface area (Å²) in [6.07, 6.45) is 5.61. The maximum atomic E-state index is 13.7. The van der Waals surface area contributed by atoms with Crippen LogP contribution in [0.4, 0.5) is 5.69 Å². The fourth-order valence-electron chi connectivity index (χ4n) is 4.45. The van der Waals surface area contributed by atoms with Crippen LogP contribution in [-0.4, -0.2) is 49.7 Å². The second kappa shape index (κ2) is 9.24. The third-order valence-corrected chi connectivity index (χ3v) is 6.00. The van der Waals surface area contributed by atoms with Gasteiger partial charge in [0.05, 0.1) is 18.8 Å². The lowest BCUT2D eigenvalue weighted by Gasteiger charge is -2.33. The van der Waals surface area contributed by atoms with Crippen LogP contribution in [0.5, 0.6) is 0 Å². The summed E-state index contributed by atoms with van der Waals surface area (Å²) in [6, 6.07) is 19.0. The van der Waals surface area contributed by atoms with Gasteiger partial charge in [0, 0.05) is 31.4 Å². The quantitative estimate of drug-likeness (QED) is 0.757. The van der Waals surface area contributed by atoms with Crippen LogP contribution in [-0.2, 0) is 11.2 Å². The minimum Gasteiger partial charge on any atom is -0.378 e. The summed E-state index contributed by atoms with van der Waals surface area (Å²) >= 11 is 0. The van der Waals surface area contributed by atoms with E-state index in [2.05, 4.69) is 40.1 Å². The summed E-state index contributed by atoms with van der Waals surface area (Å²) in [7, 11) is 0. The van der Waals surface area contributed by atoms with E-state index in [9.17, 15) is 4.79 Å². The van der Waals surface area contributed by atoms with Gasteiger partial charge in [-0.25, -0.2) is 0 Å². The number of benzene rings is 2. The Morgan fingerprint density at radius 2 is 1.64 bits per heavy atom. The van der Waals surface area contributed by atoms with Crippen LogP contribution < -0.4 is 4.90 Å². The van der Waals surface area contributed by atoms with E-state index in [1.807, 2.05) is 24.3 Å². The van der Waals surface area contributed by atoms with Crippen LogP contribution in [0.1, 0.15) is 41.6 Å². The average molecular weight is 379 g/mol. The van der Waals surface area contributed by atoms with Crippen molar-refractivity contribution < 1.29 is 9.53 Å². The van der Waals surface area contributed by atoms with Gasteiger partial charge in [-0.2, -0.15) is 0 Å².